The number of carbonyl (C=O) groups is 2. The predicted molar refractivity (Wildman–Crippen MR) is 114 cm³/mol. The fourth-order valence-corrected chi connectivity index (χ4v) is 3.75. The maximum Gasteiger partial charge on any atom is 0.267 e. The fourth-order valence-electron chi connectivity index (χ4n) is 3.62. The molecule has 2 amide bonds. The first-order valence-corrected chi connectivity index (χ1v) is 10.4. The molecule has 2 heterocycles. The third kappa shape index (κ3) is 4.52. The van der Waals surface area contributed by atoms with E-state index in [0.29, 0.717) is 48.4 Å². The minimum absolute atomic E-state index is 0.0811. The average molecular weight is 430 g/mol. The smallest absolute Gasteiger partial charge is 0.267 e. The van der Waals surface area contributed by atoms with E-state index >= 15 is 0 Å². The van der Waals surface area contributed by atoms with Crippen LogP contribution in [0.1, 0.15) is 6.92 Å². The molecule has 0 aliphatic carbocycles. The zero-order valence-corrected chi connectivity index (χ0v) is 17.5. The highest BCUT2D eigenvalue weighted by atomic mass is 35.5. The lowest BCUT2D eigenvalue weighted by molar-refractivity contribution is -0.143. The van der Waals surface area contributed by atoms with Crippen molar-refractivity contribution >= 4 is 29.1 Å². The van der Waals surface area contributed by atoms with Crippen LogP contribution in [0.2, 0.25) is 5.02 Å². The Morgan fingerprint density at radius 3 is 2.40 bits per heavy atom. The summed E-state index contributed by atoms with van der Waals surface area (Å²) in [7, 11) is 0. The van der Waals surface area contributed by atoms with Crippen molar-refractivity contribution in [1.82, 2.24) is 9.80 Å². The summed E-state index contributed by atoms with van der Waals surface area (Å²) >= 11 is 5.88. The molecule has 0 spiro atoms. The van der Waals surface area contributed by atoms with Gasteiger partial charge in [-0.2, -0.15) is 0 Å². The summed E-state index contributed by atoms with van der Waals surface area (Å²) in [5.41, 5.74) is 0.708. The van der Waals surface area contributed by atoms with E-state index < -0.39 is 6.10 Å². The Morgan fingerprint density at radius 1 is 1.03 bits per heavy atom. The van der Waals surface area contributed by atoms with Crippen molar-refractivity contribution in [1.29, 1.82) is 0 Å². The lowest BCUT2D eigenvalue weighted by Crippen LogP contribution is -2.57. The maximum absolute atomic E-state index is 12.9. The normalized spacial score (nSPS) is 19.8. The van der Waals surface area contributed by atoms with E-state index in [1.807, 2.05) is 25.1 Å². The third-order valence-electron chi connectivity index (χ3n) is 5.45. The molecule has 2 aromatic rings. The highest BCUT2D eigenvalue weighted by Gasteiger charge is 2.34. The number of fused-ring (bicyclic) bond motifs is 1. The van der Waals surface area contributed by atoms with Crippen molar-refractivity contribution in [2.75, 3.05) is 38.1 Å². The van der Waals surface area contributed by atoms with Gasteiger partial charge in [0.2, 0.25) is 12.0 Å². The molecule has 1 N–H and O–H groups in total. The SMILES string of the molecule is C[C@@H](C(=O)Nc1ccc(Cl)cc1)N1CCN(C(=O)[C@@H]2COc3ccccc3O2)CC1. The fraction of sp³-hybridized carbons (Fsp3) is 0.364. The molecule has 8 heteroatoms. The van der Waals surface area contributed by atoms with E-state index in [9.17, 15) is 9.59 Å². The summed E-state index contributed by atoms with van der Waals surface area (Å²) in [6.07, 6.45) is -0.642. The number of benzene rings is 2. The van der Waals surface area contributed by atoms with Gasteiger partial charge in [-0.05, 0) is 43.3 Å². The number of amides is 2. The molecule has 7 nitrogen and oxygen atoms in total. The van der Waals surface area contributed by atoms with Crippen molar-refractivity contribution in [3.05, 3.63) is 53.6 Å². The van der Waals surface area contributed by atoms with Gasteiger partial charge in [0, 0.05) is 36.9 Å². The number of ether oxygens (including phenoxy) is 2. The molecule has 1 saturated heterocycles. The molecule has 2 atom stereocenters. The second-order valence-electron chi connectivity index (χ2n) is 7.40. The molecule has 30 heavy (non-hydrogen) atoms. The molecular formula is C22H24ClN3O4. The van der Waals surface area contributed by atoms with E-state index in [1.165, 1.54) is 0 Å². The number of carbonyl (C=O) groups excluding carboxylic acids is 2. The molecule has 0 saturated carbocycles. The topological polar surface area (TPSA) is 71.1 Å². The molecule has 0 unspecified atom stereocenters. The second kappa shape index (κ2) is 8.93. The van der Waals surface area contributed by atoms with Gasteiger partial charge in [0.25, 0.3) is 5.91 Å². The minimum atomic E-state index is -0.642. The highest BCUT2D eigenvalue weighted by Crippen LogP contribution is 2.31. The first kappa shape index (κ1) is 20.5. The van der Waals surface area contributed by atoms with E-state index in [2.05, 4.69) is 10.2 Å². The second-order valence-corrected chi connectivity index (χ2v) is 7.83. The molecule has 0 bridgehead atoms. The van der Waals surface area contributed by atoms with Crippen molar-refractivity contribution in [3.8, 4) is 11.5 Å². The standard InChI is InChI=1S/C22H24ClN3O4/c1-15(21(27)24-17-8-6-16(23)7-9-17)25-10-12-26(13-11-25)22(28)20-14-29-18-4-2-3-5-19(18)30-20/h2-9,15,20H,10-14H2,1H3,(H,24,27)/t15-,20-/m0/s1. The van der Waals surface area contributed by atoms with Crippen LogP contribution >= 0.6 is 11.6 Å². The number of nitrogens with zero attached hydrogens (tertiary/aromatic N) is 2. The minimum Gasteiger partial charge on any atom is -0.485 e. The van der Waals surface area contributed by atoms with Crippen LogP contribution < -0.4 is 14.8 Å². The van der Waals surface area contributed by atoms with Crippen LogP contribution in [-0.4, -0.2) is 66.5 Å². The van der Waals surface area contributed by atoms with Gasteiger partial charge in [-0.1, -0.05) is 23.7 Å². The Hall–Kier alpha value is -2.77. The molecule has 2 aromatic carbocycles. The number of anilines is 1. The Labute approximate surface area is 180 Å². The Balaban J connectivity index is 1.28. The van der Waals surface area contributed by atoms with Crippen LogP contribution in [0, 0.1) is 0 Å². The maximum atomic E-state index is 12.9. The highest BCUT2D eigenvalue weighted by molar-refractivity contribution is 6.30. The molecule has 2 aliphatic rings. The number of para-hydroxylation sites is 2. The van der Waals surface area contributed by atoms with Crippen LogP contribution in [0.5, 0.6) is 11.5 Å². The molecule has 1 fully saturated rings. The monoisotopic (exact) mass is 429 g/mol. The number of halogens is 1. The van der Waals surface area contributed by atoms with Crippen LogP contribution in [0.4, 0.5) is 5.69 Å². The quantitative estimate of drug-likeness (QED) is 0.809. The average Bonchev–Trinajstić information content (AvgIpc) is 2.79. The lowest BCUT2D eigenvalue weighted by Gasteiger charge is -2.39. The van der Waals surface area contributed by atoms with Crippen LogP contribution in [0.15, 0.2) is 48.5 Å². The summed E-state index contributed by atoms with van der Waals surface area (Å²) in [6.45, 7) is 4.39. The summed E-state index contributed by atoms with van der Waals surface area (Å²) < 4.78 is 11.5. The van der Waals surface area contributed by atoms with Gasteiger partial charge in [0.15, 0.2) is 11.5 Å². The van der Waals surface area contributed by atoms with Gasteiger partial charge in [0.1, 0.15) is 6.61 Å². The van der Waals surface area contributed by atoms with E-state index in [4.69, 9.17) is 21.1 Å². The van der Waals surface area contributed by atoms with E-state index in [0.717, 1.165) is 0 Å². The van der Waals surface area contributed by atoms with Crippen LogP contribution in [0.3, 0.4) is 0 Å². The van der Waals surface area contributed by atoms with E-state index in [-0.39, 0.29) is 24.5 Å². The van der Waals surface area contributed by atoms with Crippen molar-refractivity contribution in [2.45, 2.75) is 19.1 Å². The molecule has 4 rings (SSSR count). The van der Waals surface area contributed by atoms with Crippen molar-refractivity contribution in [2.24, 2.45) is 0 Å². The lowest BCUT2D eigenvalue weighted by atomic mass is 10.2. The largest absolute Gasteiger partial charge is 0.485 e. The third-order valence-corrected chi connectivity index (χ3v) is 5.70. The number of hydrogen-bond donors (Lipinski definition) is 1. The summed E-state index contributed by atoms with van der Waals surface area (Å²) in [6, 6.07) is 14.1. The first-order valence-electron chi connectivity index (χ1n) is 9.99. The molecule has 158 valence electrons. The Morgan fingerprint density at radius 2 is 1.70 bits per heavy atom. The molecule has 0 aromatic heterocycles. The van der Waals surface area contributed by atoms with Crippen molar-refractivity contribution in [3.63, 3.8) is 0 Å². The zero-order valence-electron chi connectivity index (χ0n) is 16.7. The van der Waals surface area contributed by atoms with Gasteiger partial charge in [-0.25, -0.2) is 0 Å². The van der Waals surface area contributed by atoms with Gasteiger partial charge in [-0.3, -0.25) is 14.5 Å². The predicted octanol–water partition coefficient (Wildman–Crippen LogP) is 2.65. The summed E-state index contributed by atoms with van der Waals surface area (Å²) in [4.78, 5) is 29.3. The van der Waals surface area contributed by atoms with E-state index in [1.54, 1.807) is 35.2 Å². The van der Waals surface area contributed by atoms with Gasteiger partial charge >= 0.3 is 0 Å². The Kier molecular flexibility index (Phi) is 6.11. The molecule has 0 radical (unpaired) electrons. The zero-order chi connectivity index (χ0) is 21.1. The van der Waals surface area contributed by atoms with Gasteiger partial charge < -0.3 is 19.7 Å². The molecular weight excluding hydrogens is 406 g/mol. The van der Waals surface area contributed by atoms with Crippen molar-refractivity contribution < 1.29 is 19.1 Å². The Bertz CT molecular complexity index is 913. The first-order chi connectivity index (χ1) is 14.5. The number of nitrogens with one attached hydrogen (secondary N) is 1. The van der Waals surface area contributed by atoms with Gasteiger partial charge in [0.05, 0.1) is 6.04 Å². The summed E-state index contributed by atoms with van der Waals surface area (Å²) in [5, 5.41) is 3.53. The van der Waals surface area contributed by atoms with Crippen LogP contribution in [0.25, 0.3) is 0 Å². The summed E-state index contributed by atoms with van der Waals surface area (Å²) in [5.74, 6) is 1.08. The van der Waals surface area contributed by atoms with Gasteiger partial charge in [-0.15, -0.1) is 0 Å². The number of hydrogen-bond acceptors (Lipinski definition) is 5. The number of piperazine rings is 1. The number of rotatable bonds is 4. The van der Waals surface area contributed by atoms with Crippen LogP contribution in [-0.2, 0) is 9.59 Å². The molecule has 2 aliphatic heterocycles.